The summed E-state index contributed by atoms with van der Waals surface area (Å²) in [6.07, 6.45) is 1.69. The molecule has 58 valence electrons. The minimum atomic E-state index is -0.250. The van der Waals surface area contributed by atoms with Crippen LogP contribution < -0.4 is 0 Å². The number of cyclic esters (lactones) is 1. The number of hydrogen-bond donors (Lipinski definition) is 1. The summed E-state index contributed by atoms with van der Waals surface area (Å²) in [6.45, 7) is 1.66. The second-order valence-electron chi connectivity index (χ2n) is 1.94. The molecule has 1 aliphatic rings. The molecule has 0 aliphatic carbocycles. The molecular formula is C6H10O4. The maximum absolute atomic E-state index is 10.2. The van der Waals surface area contributed by atoms with Gasteiger partial charge in [0.05, 0.1) is 6.10 Å². The average molecular weight is 146 g/mol. The van der Waals surface area contributed by atoms with Crippen molar-refractivity contribution in [2.75, 3.05) is 0 Å². The summed E-state index contributed by atoms with van der Waals surface area (Å²) in [5.74, 6) is -0.0486. The Balaban J connectivity index is 0.000000236. The molecule has 1 atom stereocenters. The Bertz CT molecular complexity index is 121. The Morgan fingerprint density at radius 2 is 2.30 bits per heavy atom. The van der Waals surface area contributed by atoms with Crippen molar-refractivity contribution in [1.29, 1.82) is 0 Å². The molecule has 0 aromatic carbocycles. The van der Waals surface area contributed by atoms with Gasteiger partial charge in [-0.25, -0.2) is 0 Å². The first-order valence-corrected chi connectivity index (χ1v) is 2.98. The van der Waals surface area contributed by atoms with Gasteiger partial charge in [0.2, 0.25) is 0 Å². The van der Waals surface area contributed by atoms with Crippen molar-refractivity contribution in [3.05, 3.63) is 0 Å². The van der Waals surface area contributed by atoms with Crippen LogP contribution in [0.15, 0.2) is 0 Å². The third-order valence-corrected chi connectivity index (χ3v) is 1.09. The molecule has 1 heterocycles. The van der Waals surface area contributed by atoms with E-state index < -0.39 is 0 Å². The molecule has 0 radical (unpaired) electrons. The predicted molar refractivity (Wildman–Crippen MR) is 33.5 cm³/mol. The highest BCUT2D eigenvalue weighted by Crippen LogP contribution is 2.11. The predicted octanol–water partition coefficient (Wildman–Crippen LogP) is 0.413. The van der Waals surface area contributed by atoms with Crippen LogP contribution in [0.2, 0.25) is 0 Å². The van der Waals surface area contributed by atoms with Crippen molar-refractivity contribution < 1.29 is 19.4 Å². The summed E-state index contributed by atoms with van der Waals surface area (Å²) in [5, 5.41) is 6.89. The van der Waals surface area contributed by atoms with Crippen molar-refractivity contribution in [3.63, 3.8) is 0 Å². The van der Waals surface area contributed by atoms with Crippen LogP contribution in [-0.4, -0.2) is 23.7 Å². The van der Waals surface area contributed by atoms with Crippen LogP contribution in [0.5, 0.6) is 0 Å². The standard InChI is InChI=1S/C5H8O2.CH2O2/c1-4-2-3-5(6)7-4;2-1-3/h4H,2-3H2,1H3;1H,(H,2,3). The quantitative estimate of drug-likeness (QED) is 0.397. The van der Waals surface area contributed by atoms with Crippen LogP contribution in [0, 0.1) is 0 Å². The molecule has 4 nitrogen and oxygen atoms in total. The topological polar surface area (TPSA) is 63.6 Å². The van der Waals surface area contributed by atoms with Gasteiger partial charge >= 0.3 is 5.97 Å². The highest BCUT2D eigenvalue weighted by Gasteiger charge is 2.17. The van der Waals surface area contributed by atoms with E-state index >= 15 is 0 Å². The second-order valence-corrected chi connectivity index (χ2v) is 1.94. The fourth-order valence-corrected chi connectivity index (χ4v) is 0.663. The van der Waals surface area contributed by atoms with Crippen LogP contribution in [0.25, 0.3) is 0 Å². The fraction of sp³-hybridized carbons (Fsp3) is 0.667. The number of hydrogen-bond acceptors (Lipinski definition) is 3. The van der Waals surface area contributed by atoms with E-state index in [0.717, 1.165) is 6.42 Å². The number of carbonyl (C=O) groups is 2. The zero-order valence-corrected chi connectivity index (χ0v) is 5.74. The van der Waals surface area contributed by atoms with E-state index in [-0.39, 0.29) is 18.5 Å². The summed E-state index contributed by atoms with van der Waals surface area (Å²) in [7, 11) is 0. The largest absolute Gasteiger partial charge is 0.483 e. The number of carbonyl (C=O) groups excluding carboxylic acids is 1. The lowest BCUT2D eigenvalue weighted by Crippen LogP contribution is -1.98. The minimum Gasteiger partial charge on any atom is -0.483 e. The van der Waals surface area contributed by atoms with E-state index in [1.807, 2.05) is 6.92 Å². The van der Waals surface area contributed by atoms with Gasteiger partial charge in [-0.1, -0.05) is 0 Å². The van der Waals surface area contributed by atoms with E-state index in [0.29, 0.717) is 6.42 Å². The van der Waals surface area contributed by atoms with Crippen molar-refractivity contribution in [3.8, 4) is 0 Å². The van der Waals surface area contributed by atoms with Crippen LogP contribution in [-0.2, 0) is 14.3 Å². The molecule has 0 saturated carbocycles. The lowest BCUT2D eigenvalue weighted by atomic mass is 10.3. The lowest BCUT2D eigenvalue weighted by molar-refractivity contribution is -0.140. The molecule has 0 bridgehead atoms. The van der Waals surface area contributed by atoms with Gasteiger partial charge in [0.25, 0.3) is 6.47 Å². The van der Waals surface area contributed by atoms with Gasteiger partial charge < -0.3 is 9.84 Å². The first kappa shape index (κ1) is 8.94. The number of ether oxygens (including phenoxy) is 1. The van der Waals surface area contributed by atoms with Crippen molar-refractivity contribution in [1.82, 2.24) is 0 Å². The molecule has 1 N–H and O–H groups in total. The monoisotopic (exact) mass is 146 g/mol. The molecule has 0 spiro atoms. The zero-order valence-electron chi connectivity index (χ0n) is 5.74. The average Bonchev–Trinajstić information content (AvgIpc) is 2.17. The molecular weight excluding hydrogens is 136 g/mol. The van der Waals surface area contributed by atoms with Gasteiger partial charge in [-0.2, -0.15) is 0 Å². The number of rotatable bonds is 0. The Hall–Kier alpha value is -1.06. The van der Waals surface area contributed by atoms with Gasteiger partial charge in [-0.15, -0.1) is 0 Å². The normalized spacial score (nSPS) is 22.5. The maximum Gasteiger partial charge on any atom is 0.306 e. The van der Waals surface area contributed by atoms with Gasteiger partial charge in [0.15, 0.2) is 0 Å². The molecule has 0 amide bonds. The van der Waals surface area contributed by atoms with Crippen LogP contribution in [0.3, 0.4) is 0 Å². The Morgan fingerprint density at radius 3 is 2.40 bits per heavy atom. The van der Waals surface area contributed by atoms with Gasteiger partial charge in [-0.05, 0) is 13.3 Å². The van der Waals surface area contributed by atoms with E-state index in [1.165, 1.54) is 0 Å². The molecule has 1 saturated heterocycles. The highest BCUT2D eigenvalue weighted by molar-refractivity contribution is 5.71. The molecule has 1 rings (SSSR count). The van der Waals surface area contributed by atoms with Gasteiger partial charge in [0.1, 0.15) is 0 Å². The van der Waals surface area contributed by atoms with Crippen LogP contribution in [0.1, 0.15) is 19.8 Å². The summed E-state index contributed by atoms with van der Waals surface area (Å²) >= 11 is 0. The Kier molecular flexibility index (Phi) is 4.28. The Labute approximate surface area is 58.8 Å². The van der Waals surface area contributed by atoms with Crippen molar-refractivity contribution >= 4 is 12.4 Å². The summed E-state index contributed by atoms with van der Waals surface area (Å²) in [4.78, 5) is 18.6. The molecule has 4 heteroatoms. The van der Waals surface area contributed by atoms with Crippen LogP contribution >= 0.6 is 0 Å². The van der Waals surface area contributed by atoms with Gasteiger partial charge in [-0.3, -0.25) is 9.59 Å². The van der Waals surface area contributed by atoms with Crippen molar-refractivity contribution in [2.45, 2.75) is 25.9 Å². The van der Waals surface area contributed by atoms with Gasteiger partial charge in [0, 0.05) is 6.42 Å². The van der Waals surface area contributed by atoms with E-state index in [1.54, 1.807) is 0 Å². The third kappa shape index (κ3) is 3.88. The highest BCUT2D eigenvalue weighted by atomic mass is 16.5. The molecule has 1 fully saturated rings. The van der Waals surface area contributed by atoms with E-state index in [9.17, 15) is 4.79 Å². The lowest BCUT2D eigenvalue weighted by Gasteiger charge is -1.95. The SMILES string of the molecule is CC1CCC(=O)O1.O=CO. The number of esters is 1. The second kappa shape index (κ2) is 4.78. The molecule has 1 aliphatic heterocycles. The van der Waals surface area contributed by atoms with Crippen LogP contribution in [0.4, 0.5) is 0 Å². The molecule has 0 aromatic heterocycles. The smallest absolute Gasteiger partial charge is 0.306 e. The van der Waals surface area contributed by atoms with E-state index in [4.69, 9.17) is 14.6 Å². The maximum atomic E-state index is 10.2. The zero-order chi connectivity index (χ0) is 7.98. The molecule has 1 unspecified atom stereocenters. The summed E-state index contributed by atoms with van der Waals surface area (Å²) in [5.41, 5.74) is 0. The number of carboxylic acid groups (broad SMARTS) is 1. The molecule has 0 aromatic rings. The summed E-state index contributed by atoms with van der Waals surface area (Å²) < 4.78 is 4.72. The Morgan fingerprint density at radius 1 is 1.80 bits per heavy atom. The van der Waals surface area contributed by atoms with E-state index in [2.05, 4.69) is 0 Å². The third-order valence-electron chi connectivity index (χ3n) is 1.09. The molecule has 10 heavy (non-hydrogen) atoms. The fourth-order valence-electron chi connectivity index (χ4n) is 0.663. The first-order valence-electron chi connectivity index (χ1n) is 2.98. The minimum absolute atomic E-state index is 0.0486. The first-order chi connectivity index (χ1) is 4.70. The summed E-state index contributed by atoms with van der Waals surface area (Å²) in [6, 6.07) is 0. The van der Waals surface area contributed by atoms with Crippen molar-refractivity contribution in [2.24, 2.45) is 0 Å².